The number of rotatable bonds is 11. The van der Waals surface area contributed by atoms with Crippen LogP contribution >= 0.6 is 0 Å². The molecule has 34 heavy (non-hydrogen) atoms. The Balaban J connectivity index is 2.05. The summed E-state index contributed by atoms with van der Waals surface area (Å²) in [4.78, 5) is 11.1. The molecule has 200 valence electrons. The molecule has 0 saturated carbocycles. The summed E-state index contributed by atoms with van der Waals surface area (Å²) in [5.74, 6) is 0. The molecule has 0 aliphatic carbocycles. The van der Waals surface area contributed by atoms with Crippen LogP contribution in [0.5, 0.6) is 0 Å². The number of carbonyl (C=O) groups excluding carboxylic acids is 1. The lowest BCUT2D eigenvalue weighted by Gasteiger charge is -2.42. The largest absolute Gasteiger partial charge is 0.394 e. The molecular weight excluding hydrogens is 472 g/mol. The molecule has 16 heteroatoms. The molecule has 14 atom stereocenters. The predicted octanol–water partition coefficient (Wildman–Crippen LogP) is -7.73. The Kier molecular flexibility index (Phi) is 11.1. The van der Waals surface area contributed by atoms with Crippen molar-refractivity contribution >= 4 is 6.29 Å². The van der Waals surface area contributed by atoms with E-state index in [-0.39, 0.29) is 6.29 Å². The molecule has 0 radical (unpaired) electrons. The second-order valence-corrected chi connectivity index (χ2v) is 8.01. The molecular formula is C18H32O16. The summed E-state index contributed by atoms with van der Waals surface area (Å²) in [5, 5.41) is 108. The van der Waals surface area contributed by atoms with Gasteiger partial charge in [-0.05, 0) is 0 Å². The van der Waals surface area contributed by atoms with Crippen molar-refractivity contribution in [3.05, 3.63) is 0 Å². The Hall–Kier alpha value is -0.930. The molecule has 2 aliphatic rings. The number of aliphatic hydroxyl groups is 11. The van der Waals surface area contributed by atoms with Crippen molar-refractivity contribution in [1.82, 2.24) is 0 Å². The fraction of sp³-hybridized carbons (Fsp3) is 0.944. The van der Waals surface area contributed by atoms with E-state index in [1.807, 2.05) is 0 Å². The summed E-state index contributed by atoms with van der Waals surface area (Å²) in [6.07, 6.45) is -25.2. The van der Waals surface area contributed by atoms with Crippen LogP contribution < -0.4 is 0 Å². The predicted molar refractivity (Wildman–Crippen MR) is 102 cm³/mol. The van der Waals surface area contributed by atoms with E-state index < -0.39 is 106 Å². The monoisotopic (exact) mass is 504 g/mol. The van der Waals surface area contributed by atoms with Crippen LogP contribution in [0.25, 0.3) is 0 Å². The fourth-order valence-electron chi connectivity index (χ4n) is 3.49. The van der Waals surface area contributed by atoms with Crippen molar-refractivity contribution in [2.75, 3.05) is 19.8 Å². The van der Waals surface area contributed by atoms with Gasteiger partial charge in [0, 0.05) is 0 Å². The second-order valence-electron chi connectivity index (χ2n) is 8.01. The number of hydrogen-bond donors (Lipinski definition) is 11. The van der Waals surface area contributed by atoms with Gasteiger partial charge in [0.1, 0.15) is 73.2 Å². The van der Waals surface area contributed by atoms with Gasteiger partial charge in [-0.25, -0.2) is 0 Å². The smallest absolute Gasteiger partial charge is 0.187 e. The van der Waals surface area contributed by atoms with E-state index in [1.54, 1.807) is 0 Å². The summed E-state index contributed by atoms with van der Waals surface area (Å²) < 4.78 is 20.4. The SMILES string of the molecule is O=C[C@H](O)[C@@H](O[C@H]1O[C@H](CO)[C@H](O)[C@H](O)[C@H]1O)[C@H](O)[C@H](O)CO[C@H]1O[C@H](CO)[C@H](O)[C@H](O)[C@H]1O. The Morgan fingerprint density at radius 3 is 1.68 bits per heavy atom. The summed E-state index contributed by atoms with van der Waals surface area (Å²) in [7, 11) is 0. The molecule has 11 N–H and O–H groups in total. The highest BCUT2D eigenvalue weighted by molar-refractivity contribution is 5.56. The van der Waals surface area contributed by atoms with Crippen LogP contribution in [-0.4, -0.2) is 168 Å². The Bertz CT molecular complexity index is 621. The highest BCUT2D eigenvalue weighted by Crippen LogP contribution is 2.26. The first-order chi connectivity index (χ1) is 16.0. The van der Waals surface area contributed by atoms with Crippen molar-refractivity contribution in [2.45, 2.75) is 85.8 Å². The maximum absolute atomic E-state index is 11.1. The van der Waals surface area contributed by atoms with E-state index in [1.165, 1.54) is 0 Å². The molecule has 0 bridgehead atoms. The lowest BCUT2D eigenvalue weighted by atomic mass is 9.98. The summed E-state index contributed by atoms with van der Waals surface area (Å²) in [6, 6.07) is 0. The minimum Gasteiger partial charge on any atom is -0.394 e. The minimum absolute atomic E-state index is 0.0664. The average molecular weight is 504 g/mol. The molecule has 2 heterocycles. The molecule has 0 aromatic carbocycles. The maximum Gasteiger partial charge on any atom is 0.187 e. The molecule has 0 aromatic rings. The number of hydrogen-bond acceptors (Lipinski definition) is 16. The van der Waals surface area contributed by atoms with E-state index in [2.05, 4.69) is 0 Å². The van der Waals surface area contributed by atoms with Crippen molar-refractivity contribution < 1.29 is 79.9 Å². The van der Waals surface area contributed by atoms with Crippen LogP contribution in [0.1, 0.15) is 0 Å². The first-order valence-electron chi connectivity index (χ1n) is 10.4. The minimum atomic E-state index is -2.11. The van der Waals surface area contributed by atoms with Gasteiger partial charge in [0.05, 0.1) is 19.8 Å². The van der Waals surface area contributed by atoms with E-state index in [0.717, 1.165) is 0 Å². The van der Waals surface area contributed by atoms with E-state index in [0.29, 0.717) is 0 Å². The van der Waals surface area contributed by atoms with Gasteiger partial charge in [-0.2, -0.15) is 0 Å². The molecule has 0 unspecified atom stereocenters. The number of ether oxygens (including phenoxy) is 4. The van der Waals surface area contributed by atoms with Crippen LogP contribution in [-0.2, 0) is 23.7 Å². The molecule has 16 nitrogen and oxygen atoms in total. The van der Waals surface area contributed by atoms with Gasteiger partial charge < -0.3 is 79.9 Å². The average Bonchev–Trinajstić information content (AvgIpc) is 2.84. The van der Waals surface area contributed by atoms with Gasteiger partial charge in [0.2, 0.25) is 0 Å². The maximum atomic E-state index is 11.1. The Labute approximate surface area is 192 Å². The van der Waals surface area contributed by atoms with Gasteiger partial charge >= 0.3 is 0 Å². The van der Waals surface area contributed by atoms with Crippen LogP contribution in [0.3, 0.4) is 0 Å². The highest BCUT2D eigenvalue weighted by Gasteiger charge is 2.48. The standard InChI is InChI=1S/C18H32O16/c19-1-5(22)16(34-18-15(30)13(28)11(26)8(3-21)33-18)9(24)6(23)4-31-17-14(29)12(27)10(25)7(2-20)32-17/h1,5-18,20-30H,2-4H2/t5-,6+,7+,8+,9+,10-,11-,12-,13-,14+,15+,16+,17-,18+/m0/s1. The number of carbonyl (C=O) groups is 1. The Morgan fingerprint density at radius 2 is 1.21 bits per heavy atom. The molecule has 2 fully saturated rings. The molecule has 0 aromatic heterocycles. The first-order valence-corrected chi connectivity index (χ1v) is 10.4. The normalized spacial score (nSPS) is 42.6. The molecule has 0 amide bonds. The van der Waals surface area contributed by atoms with Crippen LogP contribution in [0.15, 0.2) is 0 Å². The van der Waals surface area contributed by atoms with E-state index in [9.17, 15) is 61.0 Å². The third-order valence-corrected chi connectivity index (χ3v) is 5.63. The molecule has 0 spiro atoms. The quantitative estimate of drug-likeness (QED) is 0.117. The first kappa shape index (κ1) is 29.3. The van der Waals surface area contributed by atoms with Gasteiger partial charge in [-0.15, -0.1) is 0 Å². The van der Waals surface area contributed by atoms with Crippen LogP contribution in [0.2, 0.25) is 0 Å². The van der Waals surface area contributed by atoms with Crippen molar-refractivity contribution in [3.8, 4) is 0 Å². The zero-order valence-corrected chi connectivity index (χ0v) is 17.7. The second kappa shape index (κ2) is 12.9. The van der Waals surface area contributed by atoms with Crippen molar-refractivity contribution in [1.29, 1.82) is 0 Å². The van der Waals surface area contributed by atoms with Gasteiger partial charge in [0.15, 0.2) is 18.9 Å². The topological polar surface area (TPSA) is 277 Å². The summed E-state index contributed by atoms with van der Waals surface area (Å²) in [5.41, 5.74) is 0. The van der Waals surface area contributed by atoms with Gasteiger partial charge in [-0.3, -0.25) is 0 Å². The Morgan fingerprint density at radius 1 is 0.735 bits per heavy atom. The molecule has 2 saturated heterocycles. The van der Waals surface area contributed by atoms with Crippen molar-refractivity contribution in [3.63, 3.8) is 0 Å². The highest BCUT2D eigenvalue weighted by atomic mass is 16.7. The van der Waals surface area contributed by atoms with Crippen LogP contribution in [0, 0.1) is 0 Å². The molecule has 2 aliphatic heterocycles. The van der Waals surface area contributed by atoms with E-state index >= 15 is 0 Å². The zero-order valence-electron chi connectivity index (χ0n) is 17.7. The third kappa shape index (κ3) is 6.44. The molecule has 2 rings (SSSR count). The third-order valence-electron chi connectivity index (χ3n) is 5.63. The van der Waals surface area contributed by atoms with Crippen molar-refractivity contribution in [2.24, 2.45) is 0 Å². The lowest BCUT2D eigenvalue weighted by molar-refractivity contribution is -0.327. The zero-order chi connectivity index (χ0) is 25.7. The van der Waals surface area contributed by atoms with Crippen LogP contribution in [0.4, 0.5) is 0 Å². The summed E-state index contributed by atoms with van der Waals surface area (Å²) in [6.45, 7) is -2.38. The fourth-order valence-corrected chi connectivity index (χ4v) is 3.49. The number of aldehydes is 1. The van der Waals surface area contributed by atoms with Gasteiger partial charge in [0.25, 0.3) is 0 Å². The summed E-state index contributed by atoms with van der Waals surface area (Å²) >= 11 is 0. The van der Waals surface area contributed by atoms with Gasteiger partial charge in [-0.1, -0.05) is 0 Å². The number of aliphatic hydroxyl groups excluding tert-OH is 11. The lowest BCUT2D eigenvalue weighted by Crippen LogP contribution is -2.61. The van der Waals surface area contributed by atoms with E-state index in [4.69, 9.17) is 18.9 Å².